The van der Waals surface area contributed by atoms with E-state index >= 15 is 0 Å². The Morgan fingerprint density at radius 3 is 3.00 bits per heavy atom. The molecule has 1 aromatic carbocycles. The van der Waals surface area contributed by atoms with Gasteiger partial charge in [0, 0.05) is 11.7 Å². The van der Waals surface area contributed by atoms with Gasteiger partial charge in [0.25, 0.3) is 0 Å². The summed E-state index contributed by atoms with van der Waals surface area (Å²) in [6.45, 7) is 0. The second kappa shape index (κ2) is 3.74. The van der Waals surface area contributed by atoms with Crippen molar-refractivity contribution in [1.82, 2.24) is 15.6 Å². The molecule has 5 nitrogen and oxygen atoms in total. The normalized spacial score (nSPS) is 19.6. The smallest absolute Gasteiger partial charge is 0.197 e. The van der Waals surface area contributed by atoms with Gasteiger partial charge in [-0.15, -0.1) is 0 Å². The van der Waals surface area contributed by atoms with Crippen LogP contribution in [0.25, 0.3) is 10.9 Å². The molecule has 0 radical (unpaired) electrons. The van der Waals surface area contributed by atoms with Crippen LogP contribution >= 0.6 is 12.2 Å². The van der Waals surface area contributed by atoms with Crippen LogP contribution in [-0.4, -0.2) is 16.1 Å². The molecule has 2 aromatic rings. The summed E-state index contributed by atoms with van der Waals surface area (Å²) in [7, 11) is 0. The van der Waals surface area contributed by atoms with E-state index in [-0.39, 0.29) is 6.17 Å². The summed E-state index contributed by atoms with van der Waals surface area (Å²) in [4.78, 5) is 7.42. The van der Waals surface area contributed by atoms with Crippen molar-refractivity contribution in [2.45, 2.75) is 6.17 Å². The summed E-state index contributed by atoms with van der Waals surface area (Å²) in [5.74, 6) is 0.341. The van der Waals surface area contributed by atoms with Crippen LogP contribution in [0.3, 0.4) is 0 Å². The third-order valence-electron chi connectivity index (χ3n) is 2.67. The summed E-state index contributed by atoms with van der Waals surface area (Å²) in [6.07, 6.45) is 1.69. The van der Waals surface area contributed by atoms with Crippen molar-refractivity contribution in [1.29, 1.82) is 0 Å². The van der Waals surface area contributed by atoms with E-state index in [4.69, 9.17) is 18.0 Å². The minimum absolute atomic E-state index is 0.219. The first kappa shape index (κ1) is 10.1. The maximum atomic E-state index is 5.65. The molecule has 0 bridgehead atoms. The lowest BCUT2D eigenvalue weighted by atomic mass is 10.1. The SMILES string of the molecule is NC1=N[C@@H](c2ccc3[nH]ccc3c2)NC(=S)N1. The van der Waals surface area contributed by atoms with Gasteiger partial charge >= 0.3 is 0 Å². The van der Waals surface area contributed by atoms with Crippen LogP contribution in [0.2, 0.25) is 0 Å². The topological polar surface area (TPSA) is 78.2 Å². The van der Waals surface area contributed by atoms with Gasteiger partial charge in [0.1, 0.15) is 6.17 Å². The van der Waals surface area contributed by atoms with Gasteiger partial charge in [-0.1, -0.05) is 6.07 Å². The number of nitrogens with one attached hydrogen (secondary N) is 3. The van der Waals surface area contributed by atoms with Crippen LogP contribution in [0.5, 0.6) is 0 Å². The van der Waals surface area contributed by atoms with Gasteiger partial charge in [0.05, 0.1) is 0 Å². The highest BCUT2D eigenvalue weighted by atomic mass is 32.1. The van der Waals surface area contributed by atoms with Crippen LogP contribution < -0.4 is 16.4 Å². The monoisotopic (exact) mass is 245 g/mol. The average Bonchev–Trinajstić information content (AvgIpc) is 2.74. The van der Waals surface area contributed by atoms with Gasteiger partial charge in [0.15, 0.2) is 11.1 Å². The molecule has 1 aliphatic rings. The third-order valence-corrected chi connectivity index (χ3v) is 2.89. The number of nitrogens with zero attached hydrogens (tertiary/aromatic N) is 1. The zero-order chi connectivity index (χ0) is 11.8. The van der Waals surface area contributed by atoms with E-state index in [9.17, 15) is 0 Å². The van der Waals surface area contributed by atoms with Crippen LogP contribution in [0.1, 0.15) is 11.7 Å². The van der Waals surface area contributed by atoms with Crippen LogP contribution in [-0.2, 0) is 0 Å². The minimum atomic E-state index is -0.219. The summed E-state index contributed by atoms with van der Waals surface area (Å²) >= 11 is 5.05. The number of hydrogen-bond acceptors (Lipinski definition) is 3. The number of nitrogens with two attached hydrogens (primary N) is 1. The maximum absolute atomic E-state index is 5.65. The quantitative estimate of drug-likeness (QED) is 0.564. The number of aliphatic imine (C=N–C) groups is 1. The molecule has 5 N–H and O–H groups in total. The van der Waals surface area contributed by atoms with Gasteiger partial charge in [-0.3, -0.25) is 0 Å². The molecule has 3 rings (SSSR count). The molecule has 0 saturated heterocycles. The average molecular weight is 245 g/mol. The Kier molecular flexibility index (Phi) is 2.22. The number of fused-ring (bicyclic) bond motifs is 1. The number of aromatic nitrogens is 1. The van der Waals surface area contributed by atoms with Crippen LogP contribution in [0.4, 0.5) is 0 Å². The van der Waals surface area contributed by atoms with Crippen molar-refractivity contribution in [3.63, 3.8) is 0 Å². The Morgan fingerprint density at radius 1 is 1.29 bits per heavy atom. The first-order chi connectivity index (χ1) is 8.22. The highest BCUT2D eigenvalue weighted by molar-refractivity contribution is 7.80. The van der Waals surface area contributed by atoms with E-state index in [2.05, 4.69) is 26.7 Å². The summed E-state index contributed by atoms with van der Waals surface area (Å²) in [6, 6.07) is 8.10. The Labute approximate surface area is 103 Å². The zero-order valence-corrected chi connectivity index (χ0v) is 9.71. The number of thiocarbonyl (C=S) groups is 1. The molecule has 6 heteroatoms. The molecule has 0 spiro atoms. The number of H-pyrrole nitrogens is 1. The Balaban J connectivity index is 2.02. The predicted molar refractivity (Wildman–Crippen MR) is 71.5 cm³/mol. The van der Waals surface area contributed by atoms with Crippen molar-refractivity contribution in [2.24, 2.45) is 10.7 Å². The second-order valence-electron chi connectivity index (χ2n) is 3.84. The van der Waals surface area contributed by atoms with Crippen molar-refractivity contribution in [3.8, 4) is 0 Å². The number of benzene rings is 1. The molecule has 0 aliphatic carbocycles. The van der Waals surface area contributed by atoms with Crippen molar-refractivity contribution in [3.05, 3.63) is 36.0 Å². The van der Waals surface area contributed by atoms with Crippen LogP contribution in [0, 0.1) is 0 Å². The molecule has 1 aliphatic heterocycles. The van der Waals surface area contributed by atoms with E-state index in [1.807, 2.05) is 24.4 Å². The van der Waals surface area contributed by atoms with E-state index < -0.39 is 0 Å². The van der Waals surface area contributed by atoms with Crippen LogP contribution in [0.15, 0.2) is 35.5 Å². The summed E-state index contributed by atoms with van der Waals surface area (Å²) in [5.41, 5.74) is 7.78. The molecule has 0 amide bonds. The molecule has 1 atom stereocenters. The molecular formula is C11H11N5S. The Bertz CT molecular complexity index is 615. The fourth-order valence-electron chi connectivity index (χ4n) is 1.88. The fourth-order valence-corrected chi connectivity index (χ4v) is 2.10. The molecule has 2 heterocycles. The largest absolute Gasteiger partial charge is 0.370 e. The number of rotatable bonds is 1. The van der Waals surface area contributed by atoms with Gasteiger partial charge in [-0.25, -0.2) is 4.99 Å². The molecule has 0 saturated carbocycles. The summed E-state index contributed by atoms with van der Waals surface area (Å²) in [5, 5.41) is 7.45. The zero-order valence-electron chi connectivity index (χ0n) is 8.90. The van der Waals surface area contributed by atoms with Gasteiger partial charge in [-0.2, -0.15) is 0 Å². The van der Waals surface area contributed by atoms with Crippen molar-refractivity contribution < 1.29 is 0 Å². The molecule has 17 heavy (non-hydrogen) atoms. The molecule has 0 unspecified atom stereocenters. The lowest BCUT2D eigenvalue weighted by Crippen LogP contribution is -2.49. The fraction of sp³-hybridized carbons (Fsp3) is 0.0909. The van der Waals surface area contributed by atoms with E-state index in [0.29, 0.717) is 11.1 Å². The number of hydrogen-bond donors (Lipinski definition) is 4. The third kappa shape index (κ3) is 1.83. The standard InChI is InChI=1S/C11H11N5S/c12-10-14-9(15-11(17)16-10)7-1-2-8-6(5-7)3-4-13-8/h1-5,9,13H,(H4,12,14,15,16,17)/t9-/m1/s1. The predicted octanol–water partition coefficient (Wildman–Crippen LogP) is 0.959. The van der Waals surface area contributed by atoms with Gasteiger partial charge in [0.2, 0.25) is 0 Å². The molecule has 86 valence electrons. The second-order valence-corrected chi connectivity index (χ2v) is 4.25. The minimum Gasteiger partial charge on any atom is -0.370 e. The van der Waals surface area contributed by atoms with E-state index in [1.165, 1.54) is 0 Å². The Morgan fingerprint density at radius 2 is 2.18 bits per heavy atom. The first-order valence-electron chi connectivity index (χ1n) is 5.20. The van der Waals surface area contributed by atoms with Crippen molar-refractivity contribution in [2.75, 3.05) is 0 Å². The lowest BCUT2D eigenvalue weighted by Gasteiger charge is -2.23. The summed E-state index contributed by atoms with van der Waals surface area (Å²) < 4.78 is 0. The lowest BCUT2D eigenvalue weighted by molar-refractivity contribution is 0.661. The Hall–Kier alpha value is -2.08. The van der Waals surface area contributed by atoms with Crippen molar-refractivity contribution >= 4 is 34.2 Å². The first-order valence-corrected chi connectivity index (χ1v) is 5.61. The molecule has 1 aromatic heterocycles. The molecular weight excluding hydrogens is 234 g/mol. The molecule has 0 fully saturated rings. The van der Waals surface area contributed by atoms with E-state index in [1.54, 1.807) is 0 Å². The highest BCUT2D eigenvalue weighted by Crippen LogP contribution is 2.21. The highest BCUT2D eigenvalue weighted by Gasteiger charge is 2.17. The van der Waals surface area contributed by atoms with E-state index in [0.717, 1.165) is 16.5 Å². The number of aromatic amines is 1. The number of guanidine groups is 1. The van der Waals surface area contributed by atoms with Gasteiger partial charge < -0.3 is 21.4 Å². The maximum Gasteiger partial charge on any atom is 0.197 e. The van der Waals surface area contributed by atoms with Gasteiger partial charge in [-0.05, 0) is 41.4 Å².